The molecule has 1 unspecified atom stereocenters. The van der Waals surface area contributed by atoms with E-state index in [9.17, 15) is 5.11 Å². The number of aliphatic hydroxyl groups is 1. The summed E-state index contributed by atoms with van der Waals surface area (Å²) < 4.78 is 5.49. The molecule has 1 heterocycles. The summed E-state index contributed by atoms with van der Waals surface area (Å²) in [5, 5.41) is 13.9. The van der Waals surface area contributed by atoms with Gasteiger partial charge in [0.2, 0.25) is 5.89 Å². The molecule has 0 bridgehead atoms. The van der Waals surface area contributed by atoms with Crippen LogP contribution in [0.25, 0.3) is 0 Å². The summed E-state index contributed by atoms with van der Waals surface area (Å²) in [6.45, 7) is 4.53. The number of hydrogen-bond donors (Lipinski definition) is 2. The van der Waals surface area contributed by atoms with Gasteiger partial charge in [-0.1, -0.05) is 25.7 Å². The molecule has 0 amide bonds. The molecular formula is C14H24N2O2. The molecule has 18 heavy (non-hydrogen) atoms. The molecule has 2 rings (SSSR count). The minimum atomic E-state index is -0.549. The predicted octanol–water partition coefficient (Wildman–Crippen LogP) is 2.72. The van der Waals surface area contributed by atoms with Crippen LogP contribution in [0.2, 0.25) is 0 Å². The Hall–Kier alpha value is -0.870. The predicted molar refractivity (Wildman–Crippen MR) is 70.3 cm³/mol. The Kier molecular flexibility index (Phi) is 4.40. The number of aryl methyl sites for hydroxylation is 1. The number of nitrogens with one attached hydrogen (secondary N) is 1. The van der Waals surface area contributed by atoms with E-state index in [2.05, 4.69) is 10.3 Å². The van der Waals surface area contributed by atoms with Gasteiger partial charge in [-0.15, -0.1) is 0 Å². The number of aromatic nitrogens is 1. The smallest absolute Gasteiger partial charge is 0.211 e. The van der Waals surface area contributed by atoms with Crippen molar-refractivity contribution in [3.63, 3.8) is 0 Å². The molecule has 1 aliphatic rings. The highest BCUT2D eigenvalue weighted by Crippen LogP contribution is 2.27. The van der Waals surface area contributed by atoms with E-state index < -0.39 is 5.60 Å². The van der Waals surface area contributed by atoms with Gasteiger partial charge in [0.1, 0.15) is 5.76 Å². The average molecular weight is 252 g/mol. The first-order chi connectivity index (χ1) is 8.59. The second-order valence-electron chi connectivity index (χ2n) is 5.55. The summed E-state index contributed by atoms with van der Waals surface area (Å²) >= 11 is 0. The number of nitrogens with zero attached hydrogens (tertiary/aromatic N) is 1. The maximum atomic E-state index is 10.5. The van der Waals surface area contributed by atoms with E-state index in [4.69, 9.17) is 4.42 Å². The van der Waals surface area contributed by atoms with Gasteiger partial charge in [0, 0.05) is 6.54 Å². The molecule has 0 aliphatic heterocycles. The Balaban J connectivity index is 1.86. The molecule has 1 aliphatic carbocycles. The lowest BCUT2D eigenvalue weighted by Crippen LogP contribution is -2.41. The van der Waals surface area contributed by atoms with Crippen LogP contribution in [0.4, 0.5) is 0 Å². The van der Waals surface area contributed by atoms with Crippen molar-refractivity contribution in [2.75, 3.05) is 6.54 Å². The zero-order valence-electron chi connectivity index (χ0n) is 11.4. The van der Waals surface area contributed by atoms with Crippen LogP contribution < -0.4 is 5.32 Å². The van der Waals surface area contributed by atoms with Crippen LogP contribution in [-0.4, -0.2) is 22.2 Å². The highest BCUT2D eigenvalue weighted by Gasteiger charge is 2.28. The molecule has 4 heteroatoms. The third-order valence-electron chi connectivity index (χ3n) is 3.78. The van der Waals surface area contributed by atoms with Gasteiger partial charge in [-0.05, 0) is 26.7 Å². The van der Waals surface area contributed by atoms with Crippen LogP contribution in [0.5, 0.6) is 0 Å². The Morgan fingerprint density at radius 3 is 2.61 bits per heavy atom. The summed E-state index contributed by atoms with van der Waals surface area (Å²) in [6.07, 6.45) is 8.28. The lowest BCUT2D eigenvalue weighted by atomic mass is 9.94. The molecule has 2 N–H and O–H groups in total. The molecule has 0 radical (unpaired) electrons. The second kappa shape index (κ2) is 5.85. The highest BCUT2D eigenvalue weighted by atomic mass is 16.4. The fourth-order valence-electron chi connectivity index (χ4n) is 2.57. The number of hydrogen-bond acceptors (Lipinski definition) is 4. The normalized spacial score (nSPS) is 21.5. The Morgan fingerprint density at radius 2 is 2.06 bits per heavy atom. The van der Waals surface area contributed by atoms with Crippen molar-refractivity contribution in [2.45, 2.75) is 64.0 Å². The van der Waals surface area contributed by atoms with Crippen molar-refractivity contribution < 1.29 is 9.52 Å². The molecular weight excluding hydrogens is 228 g/mol. The van der Waals surface area contributed by atoms with Crippen LogP contribution in [-0.2, 0) is 0 Å². The second-order valence-corrected chi connectivity index (χ2v) is 5.55. The lowest BCUT2D eigenvalue weighted by Gasteiger charge is -2.28. The molecule has 102 valence electrons. The summed E-state index contributed by atoms with van der Waals surface area (Å²) in [4.78, 5) is 4.21. The molecule has 1 aromatic rings. The largest absolute Gasteiger partial charge is 0.444 e. The molecule has 1 aromatic heterocycles. The first kappa shape index (κ1) is 13.6. The van der Waals surface area contributed by atoms with Crippen molar-refractivity contribution in [2.24, 2.45) is 0 Å². The van der Waals surface area contributed by atoms with Crippen LogP contribution in [0.3, 0.4) is 0 Å². The maximum absolute atomic E-state index is 10.5. The van der Waals surface area contributed by atoms with Gasteiger partial charge in [-0.2, -0.15) is 0 Å². The first-order valence-electron chi connectivity index (χ1n) is 6.97. The number of oxazole rings is 1. The van der Waals surface area contributed by atoms with E-state index in [0.717, 1.165) is 31.4 Å². The summed E-state index contributed by atoms with van der Waals surface area (Å²) in [5.41, 5.74) is -0.549. The van der Waals surface area contributed by atoms with Gasteiger partial charge in [0.25, 0.3) is 0 Å². The average Bonchev–Trinajstić information content (AvgIpc) is 2.66. The number of rotatable bonds is 4. The van der Waals surface area contributed by atoms with Crippen molar-refractivity contribution >= 4 is 0 Å². The van der Waals surface area contributed by atoms with E-state index in [-0.39, 0.29) is 6.04 Å². The Morgan fingerprint density at radius 1 is 1.39 bits per heavy atom. The van der Waals surface area contributed by atoms with Crippen molar-refractivity contribution in [3.8, 4) is 0 Å². The van der Waals surface area contributed by atoms with Gasteiger partial charge < -0.3 is 14.8 Å². The third-order valence-corrected chi connectivity index (χ3v) is 3.78. The minimum Gasteiger partial charge on any atom is -0.444 e. The monoisotopic (exact) mass is 252 g/mol. The molecule has 0 saturated heterocycles. The van der Waals surface area contributed by atoms with Gasteiger partial charge >= 0.3 is 0 Å². The summed E-state index contributed by atoms with van der Waals surface area (Å²) in [6, 6.07) is 0.0472. The van der Waals surface area contributed by atoms with Crippen LogP contribution >= 0.6 is 0 Å². The molecule has 1 atom stereocenters. The van der Waals surface area contributed by atoms with Crippen molar-refractivity contribution in [1.29, 1.82) is 0 Å². The highest BCUT2D eigenvalue weighted by molar-refractivity contribution is 4.96. The quantitative estimate of drug-likeness (QED) is 0.809. The first-order valence-corrected chi connectivity index (χ1v) is 6.97. The molecule has 1 saturated carbocycles. The van der Waals surface area contributed by atoms with Crippen LogP contribution in [0, 0.1) is 6.92 Å². The fraction of sp³-hybridized carbons (Fsp3) is 0.786. The van der Waals surface area contributed by atoms with E-state index in [1.165, 1.54) is 12.8 Å². The minimum absolute atomic E-state index is 0.0472. The van der Waals surface area contributed by atoms with Gasteiger partial charge in [-0.25, -0.2) is 4.98 Å². The summed E-state index contributed by atoms with van der Waals surface area (Å²) in [7, 11) is 0. The van der Waals surface area contributed by atoms with Crippen LogP contribution in [0.15, 0.2) is 10.6 Å². The van der Waals surface area contributed by atoms with Crippen molar-refractivity contribution in [1.82, 2.24) is 10.3 Å². The zero-order chi connectivity index (χ0) is 13.0. The molecule has 0 spiro atoms. The standard InChI is InChI=1S/C14H24N2O2/c1-11-9-15-13(18-11)12(2)16-10-14(17)7-5-3-4-6-8-14/h9,12,16-17H,3-8,10H2,1-2H3. The van der Waals surface area contributed by atoms with E-state index in [0.29, 0.717) is 12.4 Å². The van der Waals surface area contributed by atoms with E-state index in [1.54, 1.807) is 6.20 Å². The Bertz CT molecular complexity index is 368. The Labute approximate surface area is 109 Å². The van der Waals surface area contributed by atoms with Gasteiger partial charge in [0.15, 0.2) is 0 Å². The molecule has 0 aromatic carbocycles. The third kappa shape index (κ3) is 3.56. The SMILES string of the molecule is Cc1cnc(C(C)NCC2(O)CCCCCC2)o1. The van der Waals surface area contributed by atoms with E-state index in [1.807, 2.05) is 13.8 Å². The fourth-order valence-corrected chi connectivity index (χ4v) is 2.57. The zero-order valence-corrected chi connectivity index (χ0v) is 11.4. The summed E-state index contributed by atoms with van der Waals surface area (Å²) in [5.74, 6) is 1.52. The van der Waals surface area contributed by atoms with Gasteiger partial charge in [0.05, 0.1) is 17.8 Å². The topological polar surface area (TPSA) is 58.3 Å². The maximum Gasteiger partial charge on any atom is 0.211 e. The molecule has 4 nitrogen and oxygen atoms in total. The van der Waals surface area contributed by atoms with E-state index >= 15 is 0 Å². The van der Waals surface area contributed by atoms with Crippen LogP contribution in [0.1, 0.15) is 63.1 Å². The van der Waals surface area contributed by atoms with Gasteiger partial charge in [-0.3, -0.25) is 0 Å². The van der Waals surface area contributed by atoms with Crippen molar-refractivity contribution in [3.05, 3.63) is 17.8 Å². The molecule has 1 fully saturated rings. The lowest BCUT2D eigenvalue weighted by molar-refractivity contribution is 0.0224.